The van der Waals surface area contributed by atoms with Gasteiger partial charge in [0.1, 0.15) is 0 Å². The fraction of sp³-hybridized carbons (Fsp3) is 0.0833. The summed E-state index contributed by atoms with van der Waals surface area (Å²) < 4.78 is 0.910. The molecule has 7 heteroatoms. The van der Waals surface area contributed by atoms with Gasteiger partial charge >= 0.3 is 0 Å². The van der Waals surface area contributed by atoms with Crippen molar-refractivity contribution in [3.63, 3.8) is 0 Å². The second-order valence-corrected chi connectivity index (χ2v) is 5.88. The van der Waals surface area contributed by atoms with E-state index in [1.807, 2.05) is 6.07 Å². The minimum atomic E-state index is -0.110. The van der Waals surface area contributed by atoms with E-state index in [1.54, 1.807) is 30.5 Å². The number of thiazole rings is 1. The summed E-state index contributed by atoms with van der Waals surface area (Å²) in [7, 11) is 0. The van der Waals surface area contributed by atoms with E-state index in [9.17, 15) is 4.79 Å². The van der Waals surface area contributed by atoms with Crippen LogP contribution in [0.3, 0.4) is 0 Å². The number of nitrogens with zero attached hydrogens (tertiary/aromatic N) is 2. The molecule has 1 amide bonds. The second-order valence-electron chi connectivity index (χ2n) is 3.54. The highest BCUT2D eigenvalue weighted by molar-refractivity contribution is 8.01. The summed E-state index contributed by atoms with van der Waals surface area (Å²) in [5, 5.41) is 11.9. The Labute approximate surface area is 118 Å². The van der Waals surface area contributed by atoms with Crippen LogP contribution in [0.15, 0.2) is 34.7 Å². The van der Waals surface area contributed by atoms with Crippen LogP contribution in [-0.4, -0.2) is 16.6 Å². The zero-order chi connectivity index (χ0) is 13.7. The second kappa shape index (κ2) is 6.22. The monoisotopic (exact) mass is 290 g/mol. The number of nitrogens with one attached hydrogen (secondary N) is 1. The smallest absolute Gasteiger partial charge is 0.234 e. The topological polar surface area (TPSA) is 91.8 Å². The normalized spacial score (nSPS) is 9.84. The summed E-state index contributed by atoms with van der Waals surface area (Å²) in [5.74, 6) is 0.184. The Hall–Kier alpha value is -2.04. The third-order valence-corrected chi connectivity index (χ3v) is 4.17. The highest BCUT2D eigenvalue weighted by Gasteiger charge is 2.05. The van der Waals surface area contributed by atoms with Gasteiger partial charge in [-0.1, -0.05) is 11.3 Å². The van der Waals surface area contributed by atoms with Crippen molar-refractivity contribution in [3.05, 3.63) is 36.0 Å². The molecule has 0 saturated heterocycles. The van der Waals surface area contributed by atoms with Crippen molar-refractivity contribution in [3.8, 4) is 6.07 Å². The van der Waals surface area contributed by atoms with Gasteiger partial charge < -0.3 is 11.1 Å². The molecular formula is C12H10N4OS2. The summed E-state index contributed by atoms with van der Waals surface area (Å²) >= 11 is 2.74. The average molecular weight is 290 g/mol. The number of carbonyl (C=O) groups is 1. The first-order chi connectivity index (χ1) is 9.17. The van der Waals surface area contributed by atoms with Crippen LogP contribution in [0.2, 0.25) is 0 Å². The summed E-state index contributed by atoms with van der Waals surface area (Å²) in [5.41, 5.74) is 6.74. The van der Waals surface area contributed by atoms with Crippen LogP contribution in [0.25, 0.3) is 0 Å². The number of anilines is 2. The van der Waals surface area contributed by atoms with Crippen molar-refractivity contribution in [2.24, 2.45) is 0 Å². The molecule has 0 fully saturated rings. The number of aromatic nitrogens is 1. The van der Waals surface area contributed by atoms with Gasteiger partial charge in [0.2, 0.25) is 5.91 Å². The number of thioether (sulfide) groups is 1. The molecule has 0 aliphatic carbocycles. The number of nitrogens with two attached hydrogens (primary N) is 1. The number of hydrogen-bond donors (Lipinski definition) is 2. The minimum absolute atomic E-state index is 0.110. The van der Waals surface area contributed by atoms with Crippen molar-refractivity contribution in [1.82, 2.24) is 4.98 Å². The van der Waals surface area contributed by atoms with Gasteiger partial charge in [-0.15, -0.1) is 11.8 Å². The zero-order valence-electron chi connectivity index (χ0n) is 9.79. The van der Waals surface area contributed by atoms with Crippen molar-refractivity contribution >= 4 is 39.8 Å². The molecule has 1 heterocycles. The standard InChI is InChI=1S/C12H10N4OS2/c13-5-8-1-3-9(4-2-8)16-10(17)7-18-11-6-15-12(14)19-11/h1-4,6H,7H2,(H2,14,15)(H,16,17). The molecule has 2 rings (SSSR count). The van der Waals surface area contributed by atoms with E-state index in [0.717, 1.165) is 4.21 Å². The maximum atomic E-state index is 11.7. The van der Waals surface area contributed by atoms with Crippen LogP contribution in [0, 0.1) is 11.3 Å². The summed E-state index contributed by atoms with van der Waals surface area (Å²) in [6.07, 6.45) is 1.65. The highest BCUT2D eigenvalue weighted by atomic mass is 32.2. The number of hydrogen-bond acceptors (Lipinski definition) is 6. The number of nitrogen functional groups attached to an aromatic ring is 1. The molecule has 0 saturated carbocycles. The molecule has 0 atom stereocenters. The lowest BCUT2D eigenvalue weighted by Gasteiger charge is -2.03. The van der Waals surface area contributed by atoms with Crippen LogP contribution in [0.1, 0.15) is 5.56 Å². The van der Waals surface area contributed by atoms with Gasteiger partial charge in [0.05, 0.1) is 27.8 Å². The first-order valence-electron chi connectivity index (χ1n) is 5.31. The molecule has 19 heavy (non-hydrogen) atoms. The predicted molar refractivity (Wildman–Crippen MR) is 77.0 cm³/mol. The lowest BCUT2D eigenvalue weighted by Crippen LogP contribution is -2.13. The number of rotatable bonds is 4. The Morgan fingerprint density at radius 2 is 2.21 bits per heavy atom. The Morgan fingerprint density at radius 3 is 2.79 bits per heavy atom. The number of benzene rings is 1. The van der Waals surface area contributed by atoms with E-state index in [2.05, 4.69) is 10.3 Å². The van der Waals surface area contributed by atoms with Crippen LogP contribution < -0.4 is 11.1 Å². The Kier molecular flexibility index (Phi) is 4.39. The Balaban J connectivity index is 1.85. The minimum Gasteiger partial charge on any atom is -0.375 e. The number of nitriles is 1. The van der Waals surface area contributed by atoms with Gasteiger partial charge in [0, 0.05) is 5.69 Å². The lowest BCUT2D eigenvalue weighted by atomic mass is 10.2. The molecule has 0 aliphatic heterocycles. The van der Waals surface area contributed by atoms with E-state index in [1.165, 1.54) is 23.1 Å². The molecule has 1 aromatic heterocycles. The summed E-state index contributed by atoms with van der Waals surface area (Å²) in [6.45, 7) is 0. The third kappa shape index (κ3) is 3.98. The van der Waals surface area contributed by atoms with Crippen molar-refractivity contribution in [1.29, 1.82) is 5.26 Å². The molecule has 0 unspecified atom stereocenters. The van der Waals surface area contributed by atoms with Gasteiger partial charge in [-0.2, -0.15) is 5.26 Å². The molecule has 0 spiro atoms. The largest absolute Gasteiger partial charge is 0.375 e. The quantitative estimate of drug-likeness (QED) is 0.843. The Morgan fingerprint density at radius 1 is 1.47 bits per heavy atom. The number of carbonyl (C=O) groups excluding carboxylic acids is 1. The van der Waals surface area contributed by atoms with E-state index in [-0.39, 0.29) is 5.91 Å². The van der Waals surface area contributed by atoms with Gasteiger partial charge in [-0.25, -0.2) is 4.98 Å². The summed E-state index contributed by atoms with van der Waals surface area (Å²) in [6, 6.07) is 8.74. The van der Waals surface area contributed by atoms with E-state index < -0.39 is 0 Å². The van der Waals surface area contributed by atoms with E-state index in [0.29, 0.717) is 22.1 Å². The molecule has 1 aromatic carbocycles. The maximum Gasteiger partial charge on any atom is 0.234 e. The molecule has 0 bridgehead atoms. The first kappa shape index (κ1) is 13.4. The van der Waals surface area contributed by atoms with Gasteiger partial charge in [-0.3, -0.25) is 4.79 Å². The van der Waals surface area contributed by atoms with Crippen molar-refractivity contribution < 1.29 is 4.79 Å². The first-order valence-corrected chi connectivity index (χ1v) is 7.11. The molecule has 5 nitrogen and oxygen atoms in total. The van der Waals surface area contributed by atoms with Crippen molar-refractivity contribution in [2.45, 2.75) is 4.21 Å². The summed E-state index contributed by atoms with van der Waals surface area (Å²) in [4.78, 5) is 15.6. The molecule has 96 valence electrons. The third-order valence-electron chi connectivity index (χ3n) is 2.15. The van der Waals surface area contributed by atoms with Crippen LogP contribution in [0.4, 0.5) is 10.8 Å². The Bertz CT molecular complexity index is 615. The molecule has 0 aliphatic rings. The van der Waals surface area contributed by atoms with Gasteiger partial charge in [0.25, 0.3) is 0 Å². The van der Waals surface area contributed by atoms with E-state index in [4.69, 9.17) is 11.0 Å². The maximum absolute atomic E-state index is 11.7. The molecule has 0 radical (unpaired) electrons. The highest BCUT2D eigenvalue weighted by Crippen LogP contribution is 2.26. The van der Waals surface area contributed by atoms with Crippen LogP contribution in [0.5, 0.6) is 0 Å². The fourth-order valence-electron chi connectivity index (χ4n) is 1.30. The molecular weight excluding hydrogens is 280 g/mol. The van der Waals surface area contributed by atoms with E-state index >= 15 is 0 Å². The lowest BCUT2D eigenvalue weighted by molar-refractivity contribution is -0.113. The van der Waals surface area contributed by atoms with Crippen molar-refractivity contribution in [2.75, 3.05) is 16.8 Å². The van der Waals surface area contributed by atoms with Crippen LogP contribution >= 0.6 is 23.1 Å². The van der Waals surface area contributed by atoms with Gasteiger partial charge in [-0.05, 0) is 24.3 Å². The van der Waals surface area contributed by atoms with Gasteiger partial charge in [0.15, 0.2) is 5.13 Å². The molecule has 3 N–H and O–H groups in total. The zero-order valence-corrected chi connectivity index (χ0v) is 11.4. The van der Waals surface area contributed by atoms with Crippen LogP contribution in [-0.2, 0) is 4.79 Å². The molecule has 2 aromatic rings. The predicted octanol–water partition coefficient (Wildman–Crippen LogP) is 2.33. The number of amides is 1. The average Bonchev–Trinajstić information content (AvgIpc) is 2.83. The SMILES string of the molecule is N#Cc1ccc(NC(=O)CSc2cnc(N)s2)cc1. The fourth-order valence-corrected chi connectivity index (χ4v) is 2.86.